The molecule has 4 rings (SSSR count). The Morgan fingerprint density at radius 3 is 2.62 bits per heavy atom. The van der Waals surface area contributed by atoms with Gasteiger partial charge in [0.2, 0.25) is 0 Å². The Morgan fingerprint density at radius 2 is 1.96 bits per heavy atom. The molecule has 2 N–H and O–H groups in total. The summed E-state index contributed by atoms with van der Waals surface area (Å²) in [4.78, 5) is 15.3. The predicted molar refractivity (Wildman–Crippen MR) is 98.5 cm³/mol. The molecule has 26 heavy (non-hydrogen) atoms. The number of nitrogen functional groups attached to an aromatic ring is 1. The Hall–Kier alpha value is -2.76. The summed E-state index contributed by atoms with van der Waals surface area (Å²) in [6.07, 6.45) is 7.39. The zero-order valence-electron chi connectivity index (χ0n) is 14.4. The van der Waals surface area contributed by atoms with Crippen molar-refractivity contribution in [1.29, 1.82) is 0 Å². The fraction of sp³-hybridized carbons (Fsp3) is 0.300. The summed E-state index contributed by atoms with van der Waals surface area (Å²) in [7, 11) is 0. The monoisotopic (exact) mass is 357 g/mol. The van der Waals surface area contributed by atoms with Crippen molar-refractivity contribution in [2.75, 3.05) is 12.4 Å². The average molecular weight is 357 g/mol. The third-order valence-electron chi connectivity index (χ3n) is 4.14. The minimum atomic E-state index is -0.500. The van der Waals surface area contributed by atoms with E-state index in [0.29, 0.717) is 35.0 Å². The lowest BCUT2D eigenvalue weighted by Gasteiger charge is -2.11. The van der Waals surface area contributed by atoms with Gasteiger partial charge in [0, 0.05) is 6.20 Å². The number of fused-ring (bicyclic) bond motifs is 1. The summed E-state index contributed by atoms with van der Waals surface area (Å²) in [6.45, 7) is -0.500. The molecule has 1 fully saturated rings. The molecule has 4 nitrogen and oxygen atoms in total. The SMILES string of the molecule is C1CC1.Nc1nc2ccc(-c3cccc(F)c3CCCF)cn2c1C=O. The van der Waals surface area contributed by atoms with Gasteiger partial charge >= 0.3 is 0 Å². The largest absolute Gasteiger partial charge is 0.382 e. The molecule has 0 radical (unpaired) electrons. The van der Waals surface area contributed by atoms with Crippen LogP contribution >= 0.6 is 0 Å². The summed E-state index contributed by atoms with van der Waals surface area (Å²) in [6, 6.07) is 8.24. The number of rotatable bonds is 5. The van der Waals surface area contributed by atoms with Gasteiger partial charge in [0.1, 0.15) is 17.2 Å². The minimum absolute atomic E-state index is 0.147. The van der Waals surface area contributed by atoms with Crippen LogP contribution in [0.3, 0.4) is 0 Å². The molecule has 1 aliphatic carbocycles. The van der Waals surface area contributed by atoms with Crippen LogP contribution in [0.5, 0.6) is 0 Å². The van der Waals surface area contributed by atoms with Gasteiger partial charge in [-0.1, -0.05) is 31.4 Å². The minimum Gasteiger partial charge on any atom is -0.382 e. The number of nitrogens with two attached hydrogens (primary N) is 1. The number of pyridine rings is 1. The second kappa shape index (κ2) is 8.08. The number of imidazole rings is 1. The summed E-state index contributed by atoms with van der Waals surface area (Å²) < 4.78 is 28.1. The van der Waals surface area contributed by atoms with Crippen molar-refractivity contribution in [1.82, 2.24) is 9.38 Å². The summed E-state index contributed by atoms with van der Waals surface area (Å²) in [5.74, 6) is -0.217. The standard InChI is InChI=1S/C17H15F2N3O.C3H6/c18-8-2-4-13-12(3-1-5-14(13)19)11-6-7-16-21-17(20)15(10-23)22(16)9-11;1-2-3-1/h1,3,5-7,9-10H,2,4,8,20H2;1-3H2. The van der Waals surface area contributed by atoms with Crippen LogP contribution in [-0.4, -0.2) is 22.3 Å². The van der Waals surface area contributed by atoms with Gasteiger partial charge in [0.15, 0.2) is 12.1 Å². The molecule has 2 aromatic heterocycles. The zero-order valence-corrected chi connectivity index (χ0v) is 14.4. The molecule has 0 unspecified atom stereocenters. The van der Waals surface area contributed by atoms with Crippen molar-refractivity contribution in [2.45, 2.75) is 32.1 Å². The molecule has 2 heterocycles. The van der Waals surface area contributed by atoms with Crippen molar-refractivity contribution >= 4 is 17.8 Å². The maximum Gasteiger partial charge on any atom is 0.170 e. The van der Waals surface area contributed by atoms with E-state index in [0.717, 1.165) is 0 Å². The van der Waals surface area contributed by atoms with Crippen molar-refractivity contribution in [3.8, 4) is 11.1 Å². The van der Waals surface area contributed by atoms with Crippen LogP contribution in [0.1, 0.15) is 41.7 Å². The van der Waals surface area contributed by atoms with Crippen LogP contribution in [0.15, 0.2) is 36.5 Å². The van der Waals surface area contributed by atoms with E-state index in [9.17, 15) is 13.6 Å². The Kier molecular flexibility index (Phi) is 5.61. The highest BCUT2D eigenvalue weighted by Gasteiger charge is 2.13. The van der Waals surface area contributed by atoms with Crippen LogP contribution < -0.4 is 5.73 Å². The highest BCUT2D eigenvalue weighted by atomic mass is 19.1. The number of halogens is 2. The van der Waals surface area contributed by atoms with E-state index in [2.05, 4.69) is 4.98 Å². The fourth-order valence-electron chi connectivity index (χ4n) is 2.68. The molecule has 0 atom stereocenters. The van der Waals surface area contributed by atoms with Gasteiger partial charge in [-0.25, -0.2) is 9.37 Å². The van der Waals surface area contributed by atoms with Gasteiger partial charge in [-0.15, -0.1) is 0 Å². The third-order valence-corrected chi connectivity index (χ3v) is 4.14. The van der Waals surface area contributed by atoms with Crippen molar-refractivity contribution in [3.05, 3.63) is 53.6 Å². The molecule has 0 bridgehead atoms. The van der Waals surface area contributed by atoms with Crippen molar-refractivity contribution in [2.24, 2.45) is 0 Å². The fourth-order valence-corrected chi connectivity index (χ4v) is 2.68. The van der Waals surface area contributed by atoms with Crippen LogP contribution in [0.2, 0.25) is 0 Å². The van der Waals surface area contributed by atoms with E-state index in [1.165, 1.54) is 25.3 Å². The number of nitrogens with zero attached hydrogens (tertiary/aromatic N) is 2. The van der Waals surface area contributed by atoms with E-state index in [4.69, 9.17) is 5.73 Å². The van der Waals surface area contributed by atoms with Gasteiger partial charge in [0.25, 0.3) is 0 Å². The Bertz CT molecular complexity index is 916. The number of aldehydes is 1. The van der Waals surface area contributed by atoms with Crippen molar-refractivity contribution < 1.29 is 13.6 Å². The lowest BCUT2D eigenvalue weighted by molar-refractivity contribution is 0.111. The van der Waals surface area contributed by atoms with Gasteiger partial charge in [-0.3, -0.25) is 13.6 Å². The van der Waals surface area contributed by atoms with E-state index in [1.807, 2.05) is 0 Å². The molecule has 0 saturated heterocycles. The lowest BCUT2D eigenvalue weighted by atomic mass is 9.97. The molecule has 3 aromatic rings. The van der Waals surface area contributed by atoms with E-state index in [1.54, 1.807) is 34.9 Å². The Labute approximate surface area is 150 Å². The van der Waals surface area contributed by atoms with Crippen LogP contribution in [-0.2, 0) is 6.42 Å². The van der Waals surface area contributed by atoms with E-state index in [-0.39, 0.29) is 23.7 Å². The first-order valence-electron chi connectivity index (χ1n) is 8.72. The lowest BCUT2D eigenvalue weighted by Crippen LogP contribution is -1.98. The molecular weight excluding hydrogens is 336 g/mol. The molecule has 6 heteroatoms. The van der Waals surface area contributed by atoms with Gasteiger partial charge < -0.3 is 5.73 Å². The van der Waals surface area contributed by atoms with E-state index >= 15 is 0 Å². The van der Waals surface area contributed by atoms with Gasteiger partial charge in [0.05, 0.1) is 6.67 Å². The Balaban J connectivity index is 0.000000592. The number of carbonyl (C=O) groups excluding carboxylic acids is 1. The molecule has 1 aliphatic rings. The van der Waals surface area contributed by atoms with Gasteiger partial charge in [-0.2, -0.15) is 0 Å². The maximum atomic E-state index is 14.1. The first kappa shape index (κ1) is 18.0. The topological polar surface area (TPSA) is 60.4 Å². The third kappa shape index (κ3) is 3.90. The number of benzene rings is 1. The quantitative estimate of drug-likeness (QED) is 0.679. The number of alkyl halides is 1. The highest BCUT2D eigenvalue weighted by molar-refractivity contribution is 5.82. The smallest absolute Gasteiger partial charge is 0.170 e. The highest BCUT2D eigenvalue weighted by Crippen LogP contribution is 2.28. The molecular formula is C20H21F2N3O. The number of aromatic nitrogens is 2. The number of hydrogen-bond acceptors (Lipinski definition) is 3. The molecule has 1 aromatic carbocycles. The summed E-state index contributed by atoms with van der Waals surface area (Å²) >= 11 is 0. The molecule has 0 aliphatic heterocycles. The maximum absolute atomic E-state index is 14.1. The van der Waals surface area contributed by atoms with Crippen LogP contribution in [0.25, 0.3) is 16.8 Å². The first-order valence-corrected chi connectivity index (χ1v) is 8.72. The first-order chi connectivity index (χ1) is 12.7. The number of anilines is 1. The predicted octanol–water partition coefficient (Wildman–Crippen LogP) is 4.61. The molecule has 0 spiro atoms. The number of hydrogen-bond donors (Lipinski definition) is 1. The Morgan fingerprint density at radius 1 is 1.19 bits per heavy atom. The van der Waals surface area contributed by atoms with Crippen LogP contribution in [0.4, 0.5) is 14.6 Å². The van der Waals surface area contributed by atoms with Crippen molar-refractivity contribution in [3.63, 3.8) is 0 Å². The second-order valence-corrected chi connectivity index (χ2v) is 6.27. The zero-order chi connectivity index (χ0) is 18.5. The summed E-state index contributed by atoms with van der Waals surface area (Å²) in [5, 5.41) is 0. The normalized spacial score (nSPS) is 12.5. The molecule has 0 amide bonds. The molecule has 1 saturated carbocycles. The van der Waals surface area contributed by atoms with E-state index < -0.39 is 6.67 Å². The van der Waals surface area contributed by atoms with Crippen LogP contribution in [0, 0.1) is 5.82 Å². The summed E-state index contributed by atoms with van der Waals surface area (Å²) in [5.41, 5.74) is 8.35. The average Bonchev–Trinajstić information content (AvgIpc) is 3.48. The van der Waals surface area contributed by atoms with Gasteiger partial charge in [-0.05, 0) is 47.7 Å². The number of carbonyl (C=O) groups is 1. The second-order valence-electron chi connectivity index (χ2n) is 6.27. The molecule has 136 valence electrons.